The van der Waals surface area contributed by atoms with Crippen LogP contribution >= 0.6 is 0 Å². The summed E-state index contributed by atoms with van der Waals surface area (Å²) in [7, 11) is 0. The molecule has 0 aromatic rings. The predicted molar refractivity (Wildman–Crippen MR) is 62.9 cm³/mol. The van der Waals surface area contributed by atoms with Crippen LogP contribution in [0.2, 0.25) is 0 Å². The van der Waals surface area contributed by atoms with Crippen LogP contribution in [0.15, 0.2) is 0 Å². The standard InChI is InChI=1S/C13H25NO/c1-4-14-9-11-7-13(11)5-6-15-12(8-13)10(2)3/h10-12,14H,4-9H2,1-3H3. The van der Waals surface area contributed by atoms with Gasteiger partial charge in [-0.25, -0.2) is 0 Å². The molecule has 0 aromatic heterocycles. The molecular formula is C13H25NO. The molecule has 88 valence electrons. The van der Waals surface area contributed by atoms with E-state index >= 15 is 0 Å². The first-order valence-electron chi connectivity index (χ1n) is 6.50. The van der Waals surface area contributed by atoms with Gasteiger partial charge in [0, 0.05) is 6.61 Å². The second-order valence-corrected chi connectivity index (χ2v) is 5.68. The molecule has 1 aliphatic carbocycles. The van der Waals surface area contributed by atoms with Gasteiger partial charge in [0.1, 0.15) is 0 Å². The van der Waals surface area contributed by atoms with Gasteiger partial charge in [-0.3, -0.25) is 0 Å². The first kappa shape index (κ1) is 11.4. The van der Waals surface area contributed by atoms with E-state index in [0.29, 0.717) is 17.4 Å². The van der Waals surface area contributed by atoms with Gasteiger partial charge in [0.05, 0.1) is 6.10 Å². The summed E-state index contributed by atoms with van der Waals surface area (Å²) in [5, 5.41) is 3.49. The Morgan fingerprint density at radius 2 is 2.20 bits per heavy atom. The van der Waals surface area contributed by atoms with Crippen molar-refractivity contribution < 1.29 is 4.74 Å². The summed E-state index contributed by atoms with van der Waals surface area (Å²) < 4.78 is 5.85. The van der Waals surface area contributed by atoms with Crippen LogP contribution < -0.4 is 5.32 Å². The Kier molecular flexibility index (Phi) is 3.36. The molecule has 3 unspecified atom stereocenters. The Morgan fingerprint density at radius 3 is 2.87 bits per heavy atom. The zero-order chi connectivity index (χ0) is 10.9. The lowest BCUT2D eigenvalue weighted by atomic mass is 9.86. The van der Waals surface area contributed by atoms with Gasteiger partial charge in [0.25, 0.3) is 0 Å². The van der Waals surface area contributed by atoms with Crippen molar-refractivity contribution in [3.8, 4) is 0 Å². The van der Waals surface area contributed by atoms with Gasteiger partial charge in [-0.1, -0.05) is 20.8 Å². The maximum atomic E-state index is 5.85. The average molecular weight is 211 g/mol. The van der Waals surface area contributed by atoms with Crippen molar-refractivity contribution in [2.75, 3.05) is 19.7 Å². The fourth-order valence-corrected chi connectivity index (χ4v) is 3.00. The highest BCUT2D eigenvalue weighted by atomic mass is 16.5. The minimum absolute atomic E-state index is 0.519. The molecule has 0 amide bonds. The van der Waals surface area contributed by atoms with Crippen LogP contribution in [0.1, 0.15) is 40.0 Å². The van der Waals surface area contributed by atoms with Crippen LogP contribution in [0.4, 0.5) is 0 Å². The van der Waals surface area contributed by atoms with E-state index in [1.54, 1.807) is 0 Å². The van der Waals surface area contributed by atoms with Crippen molar-refractivity contribution in [3.63, 3.8) is 0 Å². The highest BCUT2D eigenvalue weighted by Crippen LogP contribution is 2.60. The molecule has 1 aliphatic heterocycles. The fraction of sp³-hybridized carbons (Fsp3) is 1.00. The van der Waals surface area contributed by atoms with Gasteiger partial charge in [-0.05, 0) is 49.6 Å². The lowest BCUT2D eigenvalue weighted by molar-refractivity contribution is -0.0444. The second-order valence-electron chi connectivity index (χ2n) is 5.68. The molecule has 2 fully saturated rings. The van der Waals surface area contributed by atoms with E-state index in [1.807, 2.05) is 0 Å². The van der Waals surface area contributed by atoms with Crippen LogP contribution in [0.25, 0.3) is 0 Å². The summed E-state index contributed by atoms with van der Waals surface area (Å²) >= 11 is 0. The van der Waals surface area contributed by atoms with Crippen molar-refractivity contribution in [2.45, 2.75) is 46.1 Å². The van der Waals surface area contributed by atoms with E-state index < -0.39 is 0 Å². The molecule has 0 aromatic carbocycles. The number of hydrogen-bond donors (Lipinski definition) is 1. The molecule has 1 heterocycles. The minimum Gasteiger partial charge on any atom is -0.378 e. The topological polar surface area (TPSA) is 21.3 Å². The molecule has 2 aliphatic rings. The number of nitrogens with one attached hydrogen (secondary N) is 1. The summed E-state index contributed by atoms with van der Waals surface area (Å²) in [5.41, 5.74) is 0.662. The zero-order valence-electron chi connectivity index (χ0n) is 10.4. The largest absolute Gasteiger partial charge is 0.378 e. The third-order valence-electron chi connectivity index (χ3n) is 4.28. The van der Waals surface area contributed by atoms with Gasteiger partial charge in [0.2, 0.25) is 0 Å². The average Bonchev–Trinajstić information content (AvgIpc) is 2.88. The van der Waals surface area contributed by atoms with Crippen LogP contribution in [-0.4, -0.2) is 25.8 Å². The summed E-state index contributed by atoms with van der Waals surface area (Å²) in [6.07, 6.45) is 4.56. The first-order chi connectivity index (χ1) is 7.18. The smallest absolute Gasteiger partial charge is 0.0603 e. The zero-order valence-corrected chi connectivity index (χ0v) is 10.4. The van der Waals surface area contributed by atoms with E-state index in [0.717, 1.165) is 19.1 Å². The van der Waals surface area contributed by atoms with Gasteiger partial charge in [-0.15, -0.1) is 0 Å². The van der Waals surface area contributed by atoms with E-state index in [1.165, 1.54) is 25.8 Å². The lowest BCUT2D eigenvalue weighted by Gasteiger charge is -2.33. The van der Waals surface area contributed by atoms with Gasteiger partial charge < -0.3 is 10.1 Å². The monoisotopic (exact) mass is 211 g/mol. The summed E-state index contributed by atoms with van der Waals surface area (Å²) in [5.74, 6) is 1.62. The summed E-state index contributed by atoms with van der Waals surface area (Å²) in [6.45, 7) is 10.1. The van der Waals surface area contributed by atoms with Gasteiger partial charge >= 0.3 is 0 Å². The third-order valence-corrected chi connectivity index (χ3v) is 4.28. The molecule has 2 rings (SSSR count). The van der Waals surface area contributed by atoms with Crippen LogP contribution in [0.3, 0.4) is 0 Å². The van der Waals surface area contributed by atoms with Gasteiger partial charge in [-0.2, -0.15) is 0 Å². The van der Waals surface area contributed by atoms with Crippen molar-refractivity contribution in [3.05, 3.63) is 0 Å². The Morgan fingerprint density at radius 1 is 1.40 bits per heavy atom. The first-order valence-corrected chi connectivity index (χ1v) is 6.50. The molecule has 0 bridgehead atoms. The second kappa shape index (κ2) is 4.42. The van der Waals surface area contributed by atoms with Crippen LogP contribution in [0.5, 0.6) is 0 Å². The van der Waals surface area contributed by atoms with Crippen molar-refractivity contribution >= 4 is 0 Å². The van der Waals surface area contributed by atoms with Gasteiger partial charge in [0.15, 0.2) is 0 Å². The summed E-state index contributed by atoms with van der Waals surface area (Å²) in [4.78, 5) is 0. The van der Waals surface area contributed by atoms with E-state index in [2.05, 4.69) is 26.1 Å². The Labute approximate surface area is 93.8 Å². The van der Waals surface area contributed by atoms with E-state index in [9.17, 15) is 0 Å². The van der Waals surface area contributed by atoms with Crippen molar-refractivity contribution in [1.82, 2.24) is 5.32 Å². The molecule has 1 saturated carbocycles. The Balaban J connectivity index is 1.83. The third kappa shape index (κ3) is 2.36. The SMILES string of the molecule is CCNCC1CC12CCOC(C(C)C)C2. The molecule has 1 spiro atoms. The van der Waals surface area contributed by atoms with E-state index in [4.69, 9.17) is 4.74 Å². The lowest BCUT2D eigenvalue weighted by Crippen LogP contribution is -2.32. The highest BCUT2D eigenvalue weighted by molar-refractivity contribution is 5.05. The molecule has 1 N–H and O–H groups in total. The molecule has 3 atom stereocenters. The molecule has 2 nitrogen and oxygen atoms in total. The normalized spacial score (nSPS) is 40.0. The molecule has 0 radical (unpaired) electrons. The fourth-order valence-electron chi connectivity index (χ4n) is 3.00. The van der Waals surface area contributed by atoms with Crippen molar-refractivity contribution in [2.24, 2.45) is 17.3 Å². The van der Waals surface area contributed by atoms with Crippen LogP contribution in [-0.2, 0) is 4.74 Å². The number of rotatable bonds is 4. The maximum Gasteiger partial charge on any atom is 0.0603 e. The van der Waals surface area contributed by atoms with E-state index in [-0.39, 0.29) is 0 Å². The quantitative estimate of drug-likeness (QED) is 0.771. The maximum absolute atomic E-state index is 5.85. The number of ether oxygens (including phenoxy) is 1. The highest BCUT2D eigenvalue weighted by Gasteiger charge is 2.55. The Bertz CT molecular complexity index is 217. The predicted octanol–water partition coefficient (Wildman–Crippen LogP) is 2.44. The van der Waals surface area contributed by atoms with Crippen LogP contribution in [0, 0.1) is 17.3 Å². The Hall–Kier alpha value is -0.0800. The van der Waals surface area contributed by atoms with Crippen molar-refractivity contribution in [1.29, 1.82) is 0 Å². The minimum atomic E-state index is 0.519. The molecular weight excluding hydrogens is 186 g/mol. The molecule has 1 saturated heterocycles. The molecule has 2 heteroatoms. The number of hydrogen-bond acceptors (Lipinski definition) is 2. The summed E-state index contributed by atoms with van der Waals surface area (Å²) in [6, 6.07) is 0. The molecule has 15 heavy (non-hydrogen) atoms.